The molecule has 0 aromatic carbocycles. The third-order valence-corrected chi connectivity index (χ3v) is 4.47. The van der Waals surface area contributed by atoms with Crippen molar-refractivity contribution in [2.75, 3.05) is 13.1 Å². The van der Waals surface area contributed by atoms with Gasteiger partial charge in [-0.15, -0.1) is 24.8 Å². The topological polar surface area (TPSA) is 29.9 Å². The Hall–Kier alpha value is -0.250. The quantitative estimate of drug-likeness (QED) is 0.862. The zero-order chi connectivity index (χ0) is 11.2. The minimum atomic E-state index is 0. The van der Waals surface area contributed by atoms with Crippen LogP contribution in [0.15, 0.2) is 0 Å². The zero-order valence-electron chi connectivity index (χ0n) is 11.2. The summed E-state index contributed by atoms with van der Waals surface area (Å²) in [6.07, 6.45) is 5.19. The molecule has 0 saturated carbocycles. The van der Waals surface area contributed by atoms with Crippen molar-refractivity contribution in [2.24, 2.45) is 0 Å². The van der Waals surface area contributed by atoms with Crippen LogP contribution in [0, 0.1) is 6.92 Å². The summed E-state index contributed by atoms with van der Waals surface area (Å²) in [5.74, 6) is 0. The Bertz CT molecular complexity index is 409. The molecule has 2 aliphatic rings. The fourth-order valence-electron chi connectivity index (χ4n) is 3.62. The van der Waals surface area contributed by atoms with Crippen LogP contribution >= 0.6 is 24.8 Å². The van der Waals surface area contributed by atoms with Crippen molar-refractivity contribution in [3.8, 4) is 0 Å². The van der Waals surface area contributed by atoms with E-state index < -0.39 is 0 Å². The molecule has 3 rings (SSSR count). The summed E-state index contributed by atoms with van der Waals surface area (Å²) in [6, 6.07) is 0. The van der Waals surface area contributed by atoms with Crippen molar-refractivity contribution in [1.82, 2.24) is 15.1 Å². The van der Waals surface area contributed by atoms with Gasteiger partial charge in [0.2, 0.25) is 0 Å². The maximum absolute atomic E-state index is 4.70. The Labute approximate surface area is 122 Å². The molecule has 5 heteroatoms. The predicted octanol–water partition coefficient (Wildman–Crippen LogP) is 2.62. The second-order valence-electron chi connectivity index (χ2n) is 5.26. The van der Waals surface area contributed by atoms with E-state index in [1.165, 1.54) is 44.5 Å². The summed E-state index contributed by atoms with van der Waals surface area (Å²) >= 11 is 0. The van der Waals surface area contributed by atoms with Crippen LogP contribution < -0.4 is 5.32 Å². The van der Waals surface area contributed by atoms with Gasteiger partial charge in [0.25, 0.3) is 0 Å². The second-order valence-corrected chi connectivity index (χ2v) is 5.26. The van der Waals surface area contributed by atoms with Crippen LogP contribution in [0.2, 0.25) is 0 Å². The molecule has 1 aromatic rings. The van der Waals surface area contributed by atoms with Crippen LogP contribution in [0.25, 0.3) is 0 Å². The molecule has 1 fully saturated rings. The molecule has 0 bridgehead atoms. The molecule has 1 N–H and O–H groups in total. The van der Waals surface area contributed by atoms with Crippen LogP contribution in [0.1, 0.15) is 43.1 Å². The lowest BCUT2D eigenvalue weighted by Crippen LogP contribution is -2.39. The highest BCUT2D eigenvalue weighted by atomic mass is 35.5. The first-order chi connectivity index (χ1) is 7.77. The fourth-order valence-corrected chi connectivity index (χ4v) is 3.62. The molecule has 1 saturated heterocycles. The average molecular weight is 292 g/mol. The van der Waals surface area contributed by atoms with Crippen LogP contribution in [-0.4, -0.2) is 22.9 Å². The highest BCUT2D eigenvalue weighted by Crippen LogP contribution is 2.45. The van der Waals surface area contributed by atoms with E-state index in [9.17, 15) is 0 Å². The smallest absolute Gasteiger partial charge is 0.0628 e. The summed E-state index contributed by atoms with van der Waals surface area (Å²) in [5.41, 5.74) is 4.86. The largest absolute Gasteiger partial charge is 0.317 e. The lowest BCUT2D eigenvalue weighted by molar-refractivity contribution is 0.287. The first kappa shape index (κ1) is 15.8. The lowest BCUT2D eigenvalue weighted by atomic mass is 9.76. The number of halogens is 2. The SMILES string of the molecule is CCn1nc(C)c2c1C1(CCNCC1)CC2.Cl.Cl. The van der Waals surface area contributed by atoms with Crippen LogP contribution in [0.5, 0.6) is 0 Å². The minimum absolute atomic E-state index is 0. The number of aromatic nitrogens is 2. The van der Waals surface area contributed by atoms with Gasteiger partial charge in [-0.25, -0.2) is 0 Å². The molecular formula is C13H23Cl2N3. The molecular weight excluding hydrogens is 269 g/mol. The van der Waals surface area contributed by atoms with Crippen LogP contribution in [0.3, 0.4) is 0 Å². The van der Waals surface area contributed by atoms with Crippen LogP contribution in [0.4, 0.5) is 0 Å². The van der Waals surface area contributed by atoms with E-state index in [0.29, 0.717) is 5.41 Å². The number of rotatable bonds is 1. The molecule has 18 heavy (non-hydrogen) atoms. The number of piperidine rings is 1. The molecule has 1 aliphatic carbocycles. The van der Waals surface area contributed by atoms with E-state index in [2.05, 4.69) is 23.8 Å². The summed E-state index contributed by atoms with van der Waals surface area (Å²) < 4.78 is 2.27. The maximum atomic E-state index is 4.70. The van der Waals surface area contributed by atoms with Gasteiger partial charge in [-0.05, 0) is 58.2 Å². The molecule has 1 spiro atoms. The van der Waals surface area contributed by atoms with Crippen molar-refractivity contribution >= 4 is 24.8 Å². The summed E-state index contributed by atoms with van der Waals surface area (Å²) in [5, 5.41) is 8.18. The number of hydrogen-bond donors (Lipinski definition) is 1. The number of hydrogen-bond acceptors (Lipinski definition) is 2. The summed E-state index contributed by atoms with van der Waals surface area (Å²) in [6.45, 7) is 7.75. The van der Waals surface area contributed by atoms with E-state index in [1.807, 2.05) is 0 Å². The van der Waals surface area contributed by atoms with Crippen molar-refractivity contribution in [2.45, 2.75) is 51.5 Å². The van der Waals surface area contributed by atoms with Gasteiger partial charge < -0.3 is 5.32 Å². The minimum Gasteiger partial charge on any atom is -0.317 e. The van der Waals surface area contributed by atoms with Crippen molar-refractivity contribution in [3.05, 3.63) is 17.0 Å². The summed E-state index contributed by atoms with van der Waals surface area (Å²) in [4.78, 5) is 0. The normalized spacial score (nSPS) is 20.1. The zero-order valence-corrected chi connectivity index (χ0v) is 12.8. The Morgan fingerprint density at radius 1 is 1.22 bits per heavy atom. The molecule has 0 amide bonds. The molecule has 0 atom stereocenters. The van der Waals surface area contributed by atoms with E-state index >= 15 is 0 Å². The summed E-state index contributed by atoms with van der Waals surface area (Å²) in [7, 11) is 0. The van der Waals surface area contributed by atoms with Gasteiger partial charge in [0.15, 0.2) is 0 Å². The Balaban J connectivity index is 0.000000810. The van der Waals surface area contributed by atoms with Crippen molar-refractivity contribution in [1.29, 1.82) is 0 Å². The Kier molecular flexibility index (Phi) is 5.10. The average Bonchev–Trinajstić information content (AvgIpc) is 2.82. The maximum Gasteiger partial charge on any atom is 0.0628 e. The number of nitrogens with zero attached hydrogens (tertiary/aromatic N) is 2. The van der Waals surface area contributed by atoms with Gasteiger partial charge in [0.1, 0.15) is 0 Å². The standard InChI is InChI=1S/C13H21N3.2ClH/c1-3-16-12-11(10(2)15-16)4-5-13(12)6-8-14-9-7-13;;/h14H,3-9H2,1-2H3;2*1H. The van der Waals surface area contributed by atoms with Crippen molar-refractivity contribution < 1.29 is 0 Å². The Morgan fingerprint density at radius 3 is 2.50 bits per heavy atom. The first-order valence-electron chi connectivity index (χ1n) is 6.54. The molecule has 0 radical (unpaired) electrons. The molecule has 2 heterocycles. The van der Waals surface area contributed by atoms with E-state index in [4.69, 9.17) is 5.10 Å². The van der Waals surface area contributed by atoms with E-state index in [1.54, 1.807) is 11.3 Å². The number of nitrogens with one attached hydrogen (secondary N) is 1. The van der Waals surface area contributed by atoms with E-state index in [-0.39, 0.29) is 24.8 Å². The first-order valence-corrected chi connectivity index (χ1v) is 6.54. The van der Waals surface area contributed by atoms with Crippen molar-refractivity contribution in [3.63, 3.8) is 0 Å². The van der Waals surface area contributed by atoms with E-state index in [0.717, 1.165) is 6.54 Å². The third kappa shape index (κ3) is 2.17. The fraction of sp³-hybridized carbons (Fsp3) is 0.769. The van der Waals surface area contributed by atoms with Gasteiger partial charge >= 0.3 is 0 Å². The van der Waals surface area contributed by atoms with Crippen LogP contribution in [-0.2, 0) is 18.4 Å². The molecule has 1 aliphatic heterocycles. The lowest BCUT2D eigenvalue weighted by Gasteiger charge is -2.35. The van der Waals surface area contributed by atoms with Gasteiger partial charge in [-0.2, -0.15) is 5.10 Å². The molecule has 104 valence electrons. The van der Waals surface area contributed by atoms with Gasteiger partial charge in [0, 0.05) is 17.7 Å². The predicted molar refractivity (Wildman–Crippen MR) is 79.2 cm³/mol. The second kappa shape index (κ2) is 5.81. The highest BCUT2D eigenvalue weighted by molar-refractivity contribution is 5.85. The molecule has 1 aromatic heterocycles. The molecule has 0 unspecified atom stereocenters. The van der Waals surface area contributed by atoms with Gasteiger partial charge in [-0.1, -0.05) is 0 Å². The number of aryl methyl sites for hydroxylation is 2. The molecule has 3 nitrogen and oxygen atoms in total. The highest BCUT2D eigenvalue weighted by Gasteiger charge is 2.43. The Morgan fingerprint density at radius 2 is 1.89 bits per heavy atom. The number of fused-ring (bicyclic) bond motifs is 2. The third-order valence-electron chi connectivity index (χ3n) is 4.47. The van der Waals surface area contributed by atoms with Gasteiger partial charge in [-0.3, -0.25) is 4.68 Å². The van der Waals surface area contributed by atoms with Gasteiger partial charge in [0.05, 0.1) is 5.69 Å². The monoisotopic (exact) mass is 291 g/mol.